The molecule has 0 atom stereocenters. The SMILES string of the molecule is O=C(Nc1cccc(Cl)c1)Nn1c(/C=C/c2ccccc2)nc2ccccc2c1=O. The molecule has 0 radical (unpaired) electrons. The van der Waals surface area contributed by atoms with Gasteiger partial charge in [-0.25, -0.2) is 15.2 Å². The van der Waals surface area contributed by atoms with E-state index >= 15 is 0 Å². The molecule has 0 spiro atoms. The van der Waals surface area contributed by atoms with Crippen LogP contribution in [0.3, 0.4) is 0 Å². The molecule has 30 heavy (non-hydrogen) atoms. The number of benzene rings is 3. The van der Waals surface area contributed by atoms with Crippen LogP contribution in [-0.2, 0) is 0 Å². The van der Waals surface area contributed by atoms with Gasteiger partial charge in [0.05, 0.1) is 10.9 Å². The van der Waals surface area contributed by atoms with Gasteiger partial charge in [0, 0.05) is 10.7 Å². The third-order valence-corrected chi connectivity index (χ3v) is 4.56. The molecule has 0 bridgehead atoms. The first kappa shape index (κ1) is 19.4. The summed E-state index contributed by atoms with van der Waals surface area (Å²) in [5.74, 6) is 0.295. The number of para-hydroxylation sites is 1. The summed E-state index contributed by atoms with van der Waals surface area (Å²) in [5.41, 5.74) is 4.18. The summed E-state index contributed by atoms with van der Waals surface area (Å²) in [6.07, 6.45) is 3.51. The van der Waals surface area contributed by atoms with Gasteiger partial charge >= 0.3 is 6.03 Å². The maximum absolute atomic E-state index is 13.0. The second kappa shape index (κ2) is 8.63. The molecule has 2 N–H and O–H groups in total. The number of hydrogen-bond donors (Lipinski definition) is 2. The number of halogens is 1. The Morgan fingerprint density at radius 3 is 2.50 bits per heavy atom. The lowest BCUT2D eigenvalue weighted by molar-refractivity contribution is 0.259. The lowest BCUT2D eigenvalue weighted by atomic mass is 10.2. The molecule has 7 heteroatoms. The van der Waals surface area contributed by atoms with E-state index < -0.39 is 6.03 Å². The van der Waals surface area contributed by atoms with Gasteiger partial charge in [-0.1, -0.05) is 66.2 Å². The second-order valence-electron chi connectivity index (χ2n) is 6.45. The summed E-state index contributed by atoms with van der Waals surface area (Å²) in [7, 11) is 0. The molecule has 0 aliphatic carbocycles. The zero-order valence-corrected chi connectivity index (χ0v) is 16.5. The maximum atomic E-state index is 13.0. The molecule has 3 aromatic carbocycles. The number of nitrogens with zero attached hydrogens (tertiary/aromatic N) is 2. The van der Waals surface area contributed by atoms with Crippen molar-refractivity contribution in [2.75, 3.05) is 10.7 Å². The van der Waals surface area contributed by atoms with Gasteiger partial charge in [-0.3, -0.25) is 4.79 Å². The van der Waals surface area contributed by atoms with Crippen LogP contribution in [0.15, 0.2) is 83.7 Å². The molecule has 0 saturated heterocycles. The fourth-order valence-electron chi connectivity index (χ4n) is 2.93. The van der Waals surface area contributed by atoms with E-state index in [1.165, 1.54) is 0 Å². The zero-order chi connectivity index (χ0) is 20.9. The van der Waals surface area contributed by atoms with Crippen LogP contribution < -0.4 is 16.3 Å². The number of carbonyl (C=O) groups is 1. The summed E-state index contributed by atoms with van der Waals surface area (Å²) in [5, 5.41) is 3.55. The van der Waals surface area contributed by atoms with E-state index in [0.29, 0.717) is 27.4 Å². The summed E-state index contributed by atoms with van der Waals surface area (Å²) in [6, 6.07) is 22.7. The van der Waals surface area contributed by atoms with Crippen LogP contribution in [0.5, 0.6) is 0 Å². The van der Waals surface area contributed by atoms with Gasteiger partial charge in [-0.05, 0) is 42.0 Å². The van der Waals surface area contributed by atoms with E-state index in [2.05, 4.69) is 15.7 Å². The molecule has 0 aliphatic heterocycles. The smallest absolute Gasteiger partial charge is 0.307 e. The van der Waals surface area contributed by atoms with E-state index in [4.69, 9.17) is 11.6 Å². The van der Waals surface area contributed by atoms with Crippen molar-refractivity contribution in [2.45, 2.75) is 0 Å². The number of aromatic nitrogens is 2. The highest BCUT2D eigenvalue weighted by Crippen LogP contribution is 2.15. The Labute approximate surface area is 177 Å². The summed E-state index contributed by atoms with van der Waals surface area (Å²) in [4.78, 5) is 30.1. The number of anilines is 1. The minimum atomic E-state index is -0.592. The third kappa shape index (κ3) is 4.39. The predicted octanol–water partition coefficient (Wildman–Crippen LogP) is 5.00. The molecule has 0 aliphatic rings. The normalized spacial score (nSPS) is 11.0. The van der Waals surface area contributed by atoms with E-state index in [-0.39, 0.29) is 5.56 Å². The van der Waals surface area contributed by atoms with E-state index in [1.807, 2.05) is 42.5 Å². The molecular weight excluding hydrogens is 400 g/mol. The summed E-state index contributed by atoms with van der Waals surface area (Å²) < 4.78 is 1.13. The number of rotatable bonds is 4. The van der Waals surface area contributed by atoms with Crippen LogP contribution >= 0.6 is 11.6 Å². The first-order valence-electron chi connectivity index (χ1n) is 9.19. The number of fused-ring (bicyclic) bond motifs is 1. The van der Waals surface area contributed by atoms with Crippen LogP contribution in [0.25, 0.3) is 23.1 Å². The van der Waals surface area contributed by atoms with E-state index in [0.717, 1.165) is 10.2 Å². The highest BCUT2D eigenvalue weighted by molar-refractivity contribution is 6.30. The molecule has 148 valence electrons. The average molecular weight is 417 g/mol. The van der Waals surface area contributed by atoms with Crippen molar-refractivity contribution in [1.29, 1.82) is 0 Å². The molecule has 0 unspecified atom stereocenters. The van der Waals surface area contributed by atoms with Gasteiger partial charge in [0.15, 0.2) is 5.82 Å². The summed E-state index contributed by atoms with van der Waals surface area (Å²) >= 11 is 5.96. The minimum absolute atomic E-state index is 0.295. The Bertz CT molecular complexity index is 1300. The lowest BCUT2D eigenvalue weighted by Crippen LogP contribution is -2.37. The predicted molar refractivity (Wildman–Crippen MR) is 121 cm³/mol. The van der Waals surface area contributed by atoms with Crippen molar-refractivity contribution < 1.29 is 4.79 Å². The third-order valence-electron chi connectivity index (χ3n) is 4.32. The van der Waals surface area contributed by atoms with Crippen LogP contribution in [-0.4, -0.2) is 15.7 Å². The molecule has 1 aromatic heterocycles. The van der Waals surface area contributed by atoms with Crippen LogP contribution in [0.4, 0.5) is 10.5 Å². The molecule has 2 amide bonds. The fourth-order valence-corrected chi connectivity index (χ4v) is 3.12. The largest absolute Gasteiger partial charge is 0.338 e. The number of carbonyl (C=O) groups excluding carboxylic acids is 1. The van der Waals surface area contributed by atoms with Gasteiger partial charge in [0.1, 0.15) is 0 Å². The van der Waals surface area contributed by atoms with Crippen molar-refractivity contribution in [3.05, 3.63) is 106 Å². The molecule has 4 aromatic rings. The monoisotopic (exact) mass is 416 g/mol. The van der Waals surface area contributed by atoms with Gasteiger partial charge in [-0.15, -0.1) is 0 Å². The van der Waals surface area contributed by atoms with Crippen molar-refractivity contribution in [3.63, 3.8) is 0 Å². The topological polar surface area (TPSA) is 76.0 Å². The zero-order valence-electron chi connectivity index (χ0n) is 15.7. The van der Waals surface area contributed by atoms with Gasteiger partial charge in [0.2, 0.25) is 0 Å². The molecule has 4 rings (SSSR count). The molecule has 0 fully saturated rings. The van der Waals surface area contributed by atoms with Crippen molar-refractivity contribution >= 4 is 46.4 Å². The van der Waals surface area contributed by atoms with E-state index in [1.54, 1.807) is 48.5 Å². The van der Waals surface area contributed by atoms with Crippen molar-refractivity contribution in [2.24, 2.45) is 0 Å². The molecular formula is C23H17ClN4O2. The van der Waals surface area contributed by atoms with Crippen LogP contribution in [0.1, 0.15) is 11.4 Å². The van der Waals surface area contributed by atoms with Gasteiger partial charge < -0.3 is 5.32 Å². The molecule has 1 heterocycles. The Hall–Kier alpha value is -3.90. The Morgan fingerprint density at radius 2 is 1.70 bits per heavy atom. The molecule has 0 saturated carbocycles. The standard InChI is InChI=1S/C23H17ClN4O2/c24-17-9-6-10-18(15-17)25-23(30)27-28-21(14-13-16-7-2-1-3-8-16)26-20-12-5-4-11-19(20)22(28)29/h1-15H,(H2,25,27,30)/b14-13+. The first-order chi connectivity index (χ1) is 14.6. The fraction of sp³-hybridized carbons (Fsp3) is 0. The lowest BCUT2D eigenvalue weighted by Gasteiger charge is -2.13. The number of hydrogen-bond acceptors (Lipinski definition) is 3. The number of nitrogens with one attached hydrogen (secondary N) is 2. The van der Waals surface area contributed by atoms with Gasteiger partial charge in [0.25, 0.3) is 5.56 Å². The maximum Gasteiger partial charge on any atom is 0.338 e. The van der Waals surface area contributed by atoms with E-state index in [9.17, 15) is 9.59 Å². The van der Waals surface area contributed by atoms with Crippen molar-refractivity contribution in [1.82, 2.24) is 9.66 Å². The number of urea groups is 1. The van der Waals surface area contributed by atoms with Crippen molar-refractivity contribution in [3.8, 4) is 0 Å². The van der Waals surface area contributed by atoms with Gasteiger partial charge in [-0.2, -0.15) is 4.68 Å². The Balaban J connectivity index is 1.71. The Kier molecular flexibility index (Phi) is 5.59. The average Bonchev–Trinajstić information content (AvgIpc) is 2.75. The minimum Gasteiger partial charge on any atom is -0.307 e. The summed E-state index contributed by atoms with van der Waals surface area (Å²) in [6.45, 7) is 0. The quantitative estimate of drug-likeness (QED) is 0.491. The first-order valence-corrected chi connectivity index (χ1v) is 9.56. The number of amides is 2. The highest BCUT2D eigenvalue weighted by atomic mass is 35.5. The molecule has 6 nitrogen and oxygen atoms in total. The highest BCUT2D eigenvalue weighted by Gasteiger charge is 2.12. The Morgan fingerprint density at radius 1 is 0.933 bits per heavy atom. The second-order valence-corrected chi connectivity index (χ2v) is 6.88. The van der Waals surface area contributed by atoms with Crippen LogP contribution in [0.2, 0.25) is 5.02 Å². The van der Waals surface area contributed by atoms with Crippen LogP contribution in [0, 0.1) is 0 Å².